The van der Waals surface area contributed by atoms with Crippen molar-refractivity contribution in [3.05, 3.63) is 23.8 Å². The van der Waals surface area contributed by atoms with Gasteiger partial charge in [0.25, 0.3) is 0 Å². The predicted octanol–water partition coefficient (Wildman–Crippen LogP) is 2.02. The molecule has 1 N–H and O–H groups in total. The summed E-state index contributed by atoms with van der Waals surface area (Å²) in [6, 6.07) is 5.49. The number of aryl methyl sites for hydroxylation is 1. The minimum atomic E-state index is -3.26. The van der Waals surface area contributed by atoms with Crippen molar-refractivity contribution >= 4 is 15.7 Å². The molecule has 1 aromatic carbocycles. The molecule has 4 nitrogen and oxygen atoms in total. The van der Waals surface area contributed by atoms with Crippen molar-refractivity contribution in [3.8, 4) is 5.75 Å². The SMILES string of the molecule is CCc1ccc(OC)c(NS(=O)(=O)CC)c1. The Balaban J connectivity index is 3.10. The van der Waals surface area contributed by atoms with E-state index in [9.17, 15) is 8.42 Å². The lowest BCUT2D eigenvalue weighted by Crippen LogP contribution is -2.15. The van der Waals surface area contributed by atoms with E-state index in [4.69, 9.17) is 4.74 Å². The molecule has 1 rings (SSSR count). The molecule has 0 aliphatic rings. The summed E-state index contributed by atoms with van der Waals surface area (Å²) in [4.78, 5) is 0. The summed E-state index contributed by atoms with van der Waals surface area (Å²) < 4.78 is 30.6. The average molecular weight is 243 g/mol. The number of benzene rings is 1. The largest absolute Gasteiger partial charge is 0.495 e. The first-order valence-electron chi connectivity index (χ1n) is 5.19. The molecule has 0 fully saturated rings. The molecule has 0 spiro atoms. The lowest BCUT2D eigenvalue weighted by molar-refractivity contribution is 0.416. The van der Waals surface area contributed by atoms with E-state index in [1.54, 1.807) is 19.1 Å². The van der Waals surface area contributed by atoms with Crippen LogP contribution in [0.25, 0.3) is 0 Å². The molecule has 1 aromatic rings. The predicted molar refractivity (Wildman–Crippen MR) is 65.5 cm³/mol. The van der Waals surface area contributed by atoms with Crippen LogP contribution in [-0.2, 0) is 16.4 Å². The van der Waals surface area contributed by atoms with E-state index < -0.39 is 10.0 Å². The van der Waals surface area contributed by atoms with E-state index >= 15 is 0 Å². The highest BCUT2D eigenvalue weighted by atomic mass is 32.2. The minimum absolute atomic E-state index is 0.0481. The number of hydrogen-bond donors (Lipinski definition) is 1. The van der Waals surface area contributed by atoms with Gasteiger partial charge < -0.3 is 4.74 Å². The Morgan fingerprint density at radius 1 is 1.31 bits per heavy atom. The van der Waals surface area contributed by atoms with Crippen molar-refractivity contribution < 1.29 is 13.2 Å². The lowest BCUT2D eigenvalue weighted by Gasteiger charge is -2.12. The summed E-state index contributed by atoms with van der Waals surface area (Å²) in [6.07, 6.45) is 0.852. The molecule has 0 aliphatic carbocycles. The number of ether oxygens (including phenoxy) is 1. The Hall–Kier alpha value is -1.23. The van der Waals surface area contributed by atoms with Gasteiger partial charge in [-0.2, -0.15) is 0 Å². The van der Waals surface area contributed by atoms with Crippen LogP contribution in [0.15, 0.2) is 18.2 Å². The Bertz CT molecular complexity index is 454. The van der Waals surface area contributed by atoms with E-state index in [0.29, 0.717) is 11.4 Å². The molecule has 0 unspecified atom stereocenters. The topological polar surface area (TPSA) is 55.4 Å². The third-order valence-electron chi connectivity index (χ3n) is 2.32. The standard InChI is InChI=1S/C11H17NO3S/c1-4-9-6-7-11(15-3)10(8-9)12-16(13,14)5-2/h6-8,12H,4-5H2,1-3H3. The molecule has 0 saturated heterocycles. The second-order valence-electron chi connectivity index (χ2n) is 3.39. The van der Waals surface area contributed by atoms with Gasteiger partial charge in [-0.25, -0.2) is 8.42 Å². The van der Waals surface area contributed by atoms with Gasteiger partial charge in [-0.3, -0.25) is 4.72 Å². The molecule has 16 heavy (non-hydrogen) atoms. The number of anilines is 1. The number of nitrogens with one attached hydrogen (secondary N) is 1. The number of methoxy groups -OCH3 is 1. The van der Waals surface area contributed by atoms with Gasteiger partial charge in [-0.15, -0.1) is 0 Å². The van der Waals surface area contributed by atoms with E-state index in [1.165, 1.54) is 7.11 Å². The Labute approximate surface area is 96.7 Å². The van der Waals surface area contributed by atoms with Crippen LogP contribution in [0.3, 0.4) is 0 Å². The van der Waals surface area contributed by atoms with E-state index in [0.717, 1.165) is 12.0 Å². The summed E-state index contributed by atoms with van der Waals surface area (Å²) in [5.74, 6) is 0.584. The summed E-state index contributed by atoms with van der Waals surface area (Å²) in [7, 11) is -1.74. The van der Waals surface area contributed by atoms with Gasteiger partial charge in [0.2, 0.25) is 10.0 Å². The van der Waals surface area contributed by atoms with Gasteiger partial charge in [0.15, 0.2) is 0 Å². The normalized spacial score (nSPS) is 11.2. The van der Waals surface area contributed by atoms with Crippen LogP contribution in [0.2, 0.25) is 0 Å². The van der Waals surface area contributed by atoms with E-state index in [2.05, 4.69) is 4.72 Å². The van der Waals surface area contributed by atoms with Gasteiger partial charge in [0.05, 0.1) is 18.6 Å². The molecule has 0 bridgehead atoms. The van der Waals surface area contributed by atoms with Gasteiger partial charge in [-0.05, 0) is 31.0 Å². The molecule has 0 aromatic heterocycles. The molecule has 0 atom stereocenters. The van der Waals surface area contributed by atoms with Crippen LogP contribution in [0.4, 0.5) is 5.69 Å². The van der Waals surface area contributed by atoms with Crippen LogP contribution >= 0.6 is 0 Å². The number of rotatable bonds is 5. The zero-order valence-corrected chi connectivity index (χ0v) is 10.6. The van der Waals surface area contributed by atoms with Gasteiger partial charge in [0, 0.05) is 0 Å². The van der Waals surface area contributed by atoms with Crippen LogP contribution in [0, 0.1) is 0 Å². The van der Waals surface area contributed by atoms with Gasteiger partial charge >= 0.3 is 0 Å². The number of sulfonamides is 1. The van der Waals surface area contributed by atoms with Crippen LogP contribution < -0.4 is 9.46 Å². The van der Waals surface area contributed by atoms with Crippen LogP contribution in [-0.4, -0.2) is 21.3 Å². The minimum Gasteiger partial charge on any atom is -0.495 e. The number of hydrogen-bond acceptors (Lipinski definition) is 3. The molecule has 0 amide bonds. The molecule has 5 heteroatoms. The molecular weight excluding hydrogens is 226 g/mol. The van der Waals surface area contributed by atoms with Crippen molar-refractivity contribution in [2.75, 3.05) is 17.6 Å². The van der Waals surface area contributed by atoms with E-state index in [1.807, 2.05) is 13.0 Å². The zero-order chi connectivity index (χ0) is 12.2. The first-order chi connectivity index (χ1) is 7.52. The highest BCUT2D eigenvalue weighted by Gasteiger charge is 2.11. The van der Waals surface area contributed by atoms with Gasteiger partial charge in [-0.1, -0.05) is 13.0 Å². The molecule has 0 heterocycles. The molecule has 0 radical (unpaired) electrons. The third kappa shape index (κ3) is 3.13. The first kappa shape index (κ1) is 12.8. The maximum atomic E-state index is 11.5. The van der Waals surface area contributed by atoms with Crippen molar-refractivity contribution in [1.82, 2.24) is 0 Å². The average Bonchev–Trinajstić information content (AvgIpc) is 2.28. The molecule has 0 saturated carbocycles. The molecular formula is C11H17NO3S. The lowest BCUT2D eigenvalue weighted by atomic mass is 10.1. The van der Waals surface area contributed by atoms with Crippen molar-refractivity contribution in [2.45, 2.75) is 20.3 Å². The van der Waals surface area contributed by atoms with Gasteiger partial charge in [0.1, 0.15) is 5.75 Å². The van der Waals surface area contributed by atoms with Crippen LogP contribution in [0.5, 0.6) is 5.75 Å². The summed E-state index contributed by atoms with van der Waals surface area (Å²) >= 11 is 0. The monoisotopic (exact) mass is 243 g/mol. The zero-order valence-electron chi connectivity index (χ0n) is 9.78. The quantitative estimate of drug-likeness (QED) is 0.860. The van der Waals surface area contributed by atoms with Crippen molar-refractivity contribution in [1.29, 1.82) is 0 Å². The highest BCUT2D eigenvalue weighted by Crippen LogP contribution is 2.26. The second kappa shape index (κ2) is 5.21. The van der Waals surface area contributed by atoms with E-state index in [-0.39, 0.29) is 5.75 Å². The Morgan fingerprint density at radius 2 is 2.00 bits per heavy atom. The molecule has 90 valence electrons. The summed E-state index contributed by atoms with van der Waals surface area (Å²) in [6.45, 7) is 3.61. The molecule has 0 aliphatic heterocycles. The summed E-state index contributed by atoms with van der Waals surface area (Å²) in [5, 5.41) is 0. The fraction of sp³-hybridized carbons (Fsp3) is 0.455. The highest BCUT2D eigenvalue weighted by molar-refractivity contribution is 7.92. The smallest absolute Gasteiger partial charge is 0.232 e. The Kier molecular flexibility index (Phi) is 4.18. The maximum Gasteiger partial charge on any atom is 0.232 e. The van der Waals surface area contributed by atoms with Crippen molar-refractivity contribution in [3.63, 3.8) is 0 Å². The van der Waals surface area contributed by atoms with Crippen molar-refractivity contribution in [2.24, 2.45) is 0 Å². The summed E-state index contributed by atoms with van der Waals surface area (Å²) in [5.41, 5.74) is 1.57. The maximum absolute atomic E-state index is 11.5. The Morgan fingerprint density at radius 3 is 2.50 bits per heavy atom. The third-order valence-corrected chi connectivity index (χ3v) is 3.61. The van der Waals surface area contributed by atoms with Crippen LogP contribution in [0.1, 0.15) is 19.4 Å². The first-order valence-corrected chi connectivity index (χ1v) is 6.85. The fourth-order valence-corrected chi connectivity index (χ4v) is 1.93. The fourth-order valence-electron chi connectivity index (χ4n) is 1.29. The second-order valence-corrected chi connectivity index (χ2v) is 5.40.